The largest absolute Gasteiger partial charge is 0.489 e. The normalized spacial score (nSPS) is 10.5. The molecule has 0 aliphatic rings. The molecule has 122 valence electrons. The molecule has 2 heterocycles. The van der Waals surface area contributed by atoms with E-state index < -0.39 is 0 Å². The molecule has 5 nitrogen and oxygen atoms in total. The summed E-state index contributed by atoms with van der Waals surface area (Å²) < 4.78 is 6.95. The number of nitrogens with zero attached hydrogens (tertiary/aromatic N) is 2. The van der Waals surface area contributed by atoms with Gasteiger partial charge in [0.05, 0.1) is 5.69 Å². The van der Waals surface area contributed by atoms with Crippen LogP contribution >= 0.6 is 15.9 Å². The third-order valence-corrected chi connectivity index (χ3v) is 4.13. The molecule has 2 aromatic heterocycles. The highest BCUT2D eigenvalue weighted by Gasteiger charge is 2.10. The lowest BCUT2D eigenvalue weighted by atomic mass is 10.0. The summed E-state index contributed by atoms with van der Waals surface area (Å²) in [5.41, 5.74) is 15.3. The van der Waals surface area contributed by atoms with E-state index >= 15 is 0 Å². The maximum Gasteiger partial charge on any atom is 0.146 e. The zero-order valence-electron chi connectivity index (χ0n) is 12.9. The van der Waals surface area contributed by atoms with Gasteiger partial charge < -0.3 is 16.2 Å². The van der Waals surface area contributed by atoms with Gasteiger partial charge in [-0.3, -0.25) is 4.98 Å². The fraction of sp³-hybridized carbons (Fsp3) is 0.111. The standard InChI is InChI=1S/C18H17BrN4O/c19-15-3-4-16(24-11-12-2-1-6-22-10-12)14(9-15)8-13-5-7-23-18(21)17(13)20/h1-7,9-10H,8,11,20H2,(H2,21,23). The molecule has 0 aliphatic heterocycles. The minimum atomic E-state index is 0.348. The fourth-order valence-corrected chi connectivity index (χ4v) is 2.77. The number of nitrogen functional groups attached to an aromatic ring is 2. The van der Waals surface area contributed by atoms with Crippen LogP contribution < -0.4 is 16.2 Å². The zero-order chi connectivity index (χ0) is 16.9. The van der Waals surface area contributed by atoms with Crippen molar-refractivity contribution in [2.24, 2.45) is 0 Å². The minimum absolute atomic E-state index is 0.348. The molecular formula is C18H17BrN4O. The number of pyridine rings is 2. The van der Waals surface area contributed by atoms with Crippen LogP contribution in [0.4, 0.5) is 11.5 Å². The van der Waals surface area contributed by atoms with E-state index in [2.05, 4.69) is 25.9 Å². The summed E-state index contributed by atoms with van der Waals surface area (Å²) >= 11 is 3.50. The topological polar surface area (TPSA) is 87.0 Å². The molecule has 6 heteroatoms. The quantitative estimate of drug-likeness (QED) is 0.701. The first-order valence-electron chi connectivity index (χ1n) is 7.42. The van der Waals surface area contributed by atoms with Crippen LogP contribution in [0.25, 0.3) is 0 Å². The third-order valence-electron chi connectivity index (χ3n) is 3.63. The molecule has 24 heavy (non-hydrogen) atoms. The van der Waals surface area contributed by atoms with Gasteiger partial charge in [0.25, 0.3) is 0 Å². The molecule has 0 saturated heterocycles. The van der Waals surface area contributed by atoms with Gasteiger partial charge in [0, 0.05) is 35.0 Å². The van der Waals surface area contributed by atoms with Gasteiger partial charge in [-0.15, -0.1) is 0 Å². The van der Waals surface area contributed by atoms with E-state index in [0.717, 1.165) is 26.9 Å². The zero-order valence-corrected chi connectivity index (χ0v) is 14.5. The highest BCUT2D eigenvalue weighted by molar-refractivity contribution is 9.10. The number of benzene rings is 1. The van der Waals surface area contributed by atoms with Gasteiger partial charge in [0.1, 0.15) is 18.2 Å². The van der Waals surface area contributed by atoms with E-state index in [1.54, 1.807) is 18.6 Å². The Balaban J connectivity index is 1.84. The number of rotatable bonds is 5. The predicted molar refractivity (Wildman–Crippen MR) is 98.6 cm³/mol. The van der Waals surface area contributed by atoms with E-state index in [1.807, 2.05) is 36.4 Å². The average molecular weight is 385 g/mol. The summed E-state index contributed by atoms with van der Waals surface area (Å²) in [5, 5.41) is 0. The predicted octanol–water partition coefficient (Wildman–Crippen LogP) is 3.57. The maximum atomic E-state index is 6.04. The second-order valence-corrected chi connectivity index (χ2v) is 6.26. The van der Waals surface area contributed by atoms with Gasteiger partial charge in [-0.2, -0.15) is 0 Å². The number of anilines is 2. The van der Waals surface area contributed by atoms with E-state index in [1.165, 1.54) is 0 Å². The summed E-state index contributed by atoms with van der Waals surface area (Å²) in [6.07, 6.45) is 5.81. The molecule has 0 unspecified atom stereocenters. The van der Waals surface area contributed by atoms with Crippen LogP contribution in [-0.4, -0.2) is 9.97 Å². The van der Waals surface area contributed by atoms with E-state index in [9.17, 15) is 0 Å². The summed E-state index contributed by atoms with van der Waals surface area (Å²) in [6, 6.07) is 11.7. The van der Waals surface area contributed by atoms with Crippen molar-refractivity contribution >= 4 is 27.4 Å². The number of halogens is 1. The number of aromatic nitrogens is 2. The first-order chi connectivity index (χ1) is 11.6. The lowest BCUT2D eigenvalue weighted by Gasteiger charge is -2.13. The summed E-state index contributed by atoms with van der Waals surface area (Å²) in [7, 11) is 0. The van der Waals surface area contributed by atoms with Gasteiger partial charge >= 0.3 is 0 Å². The van der Waals surface area contributed by atoms with Crippen molar-refractivity contribution in [1.82, 2.24) is 9.97 Å². The fourth-order valence-electron chi connectivity index (χ4n) is 2.36. The summed E-state index contributed by atoms with van der Waals surface area (Å²) in [4.78, 5) is 8.10. The smallest absolute Gasteiger partial charge is 0.146 e. The van der Waals surface area contributed by atoms with Crippen LogP contribution in [0.2, 0.25) is 0 Å². The lowest BCUT2D eigenvalue weighted by molar-refractivity contribution is 0.303. The van der Waals surface area contributed by atoms with Gasteiger partial charge in [-0.25, -0.2) is 4.98 Å². The summed E-state index contributed by atoms with van der Waals surface area (Å²) in [6.45, 7) is 0.455. The van der Waals surface area contributed by atoms with Crippen LogP contribution in [0.15, 0.2) is 59.5 Å². The van der Waals surface area contributed by atoms with E-state index in [-0.39, 0.29) is 0 Å². The number of hydrogen-bond acceptors (Lipinski definition) is 5. The van der Waals surface area contributed by atoms with E-state index in [0.29, 0.717) is 24.5 Å². The van der Waals surface area contributed by atoms with Crippen molar-refractivity contribution in [2.45, 2.75) is 13.0 Å². The van der Waals surface area contributed by atoms with Crippen molar-refractivity contribution in [3.63, 3.8) is 0 Å². The van der Waals surface area contributed by atoms with Gasteiger partial charge in [0.15, 0.2) is 0 Å². The molecule has 0 atom stereocenters. The molecule has 1 aromatic carbocycles. The number of hydrogen-bond donors (Lipinski definition) is 2. The highest BCUT2D eigenvalue weighted by atomic mass is 79.9. The van der Waals surface area contributed by atoms with Crippen molar-refractivity contribution in [2.75, 3.05) is 11.5 Å². The van der Waals surface area contributed by atoms with Crippen molar-refractivity contribution < 1.29 is 4.74 Å². The molecule has 0 amide bonds. The Bertz CT molecular complexity index is 840. The summed E-state index contributed by atoms with van der Waals surface area (Å²) in [5.74, 6) is 1.15. The molecule has 3 rings (SSSR count). The first kappa shape index (κ1) is 16.3. The SMILES string of the molecule is Nc1nccc(Cc2cc(Br)ccc2OCc2cccnc2)c1N. The van der Waals surface area contributed by atoms with Crippen molar-refractivity contribution in [3.05, 3.63) is 76.2 Å². The second-order valence-electron chi connectivity index (χ2n) is 5.35. The Hall–Kier alpha value is -2.60. The Kier molecular flexibility index (Phi) is 4.96. The number of ether oxygens (including phenoxy) is 1. The molecule has 0 saturated carbocycles. The van der Waals surface area contributed by atoms with Gasteiger partial charge in [-0.1, -0.05) is 22.0 Å². The Morgan fingerprint density at radius 3 is 2.71 bits per heavy atom. The Morgan fingerprint density at radius 2 is 1.92 bits per heavy atom. The van der Waals surface area contributed by atoms with Crippen LogP contribution in [0.3, 0.4) is 0 Å². The number of nitrogens with two attached hydrogens (primary N) is 2. The monoisotopic (exact) mass is 384 g/mol. The van der Waals surface area contributed by atoms with Crippen molar-refractivity contribution in [3.8, 4) is 5.75 Å². The maximum absolute atomic E-state index is 6.04. The molecule has 0 aliphatic carbocycles. The lowest BCUT2D eigenvalue weighted by Crippen LogP contribution is -2.04. The highest BCUT2D eigenvalue weighted by Crippen LogP contribution is 2.29. The Morgan fingerprint density at radius 1 is 1.04 bits per heavy atom. The van der Waals surface area contributed by atoms with Gasteiger partial charge in [0.2, 0.25) is 0 Å². The molecule has 3 aromatic rings. The third kappa shape index (κ3) is 3.83. The molecular weight excluding hydrogens is 368 g/mol. The first-order valence-corrected chi connectivity index (χ1v) is 8.22. The van der Waals surface area contributed by atoms with E-state index in [4.69, 9.17) is 16.2 Å². The molecule has 0 radical (unpaired) electrons. The van der Waals surface area contributed by atoms with Crippen LogP contribution in [-0.2, 0) is 13.0 Å². The van der Waals surface area contributed by atoms with Crippen LogP contribution in [0.1, 0.15) is 16.7 Å². The Labute approximate surface area is 148 Å². The molecule has 4 N–H and O–H groups in total. The average Bonchev–Trinajstić information content (AvgIpc) is 2.59. The minimum Gasteiger partial charge on any atom is -0.489 e. The molecule has 0 fully saturated rings. The second kappa shape index (κ2) is 7.31. The van der Waals surface area contributed by atoms with Crippen molar-refractivity contribution in [1.29, 1.82) is 0 Å². The van der Waals surface area contributed by atoms with Crippen LogP contribution in [0.5, 0.6) is 5.75 Å². The van der Waals surface area contributed by atoms with Crippen LogP contribution in [0, 0.1) is 0 Å². The molecule has 0 spiro atoms. The molecule has 0 bridgehead atoms. The van der Waals surface area contributed by atoms with Gasteiger partial charge in [-0.05, 0) is 41.5 Å².